The molecule has 0 spiro atoms. The Morgan fingerprint density at radius 3 is 1.62 bits per heavy atom. The highest BCUT2D eigenvalue weighted by atomic mass is 31.2. The van der Waals surface area contributed by atoms with Crippen LogP contribution >= 0.6 is 7.82 Å². The highest BCUT2D eigenvalue weighted by Crippen LogP contribution is 2.40. The van der Waals surface area contributed by atoms with Crippen LogP contribution in [0.25, 0.3) is 5.32 Å². The van der Waals surface area contributed by atoms with Gasteiger partial charge in [-0.1, -0.05) is 27.2 Å². The minimum atomic E-state index is -4.64. The summed E-state index contributed by atoms with van der Waals surface area (Å²) in [5, 5.41) is 3.76. The third kappa shape index (κ3) is 16.4. The number of alkyl halides is 7. The van der Waals surface area contributed by atoms with Gasteiger partial charge in [0.1, 0.15) is 0 Å². The van der Waals surface area contributed by atoms with E-state index in [-0.39, 0.29) is 0 Å². The molecular weight excluding hydrogens is 374 g/mol. The Morgan fingerprint density at radius 1 is 1.00 bits per heavy atom. The molecule has 0 rings (SSSR count). The first kappa shape index (κ1) is 25.8. The lowest BCUT2D eigenvalue weighted by molar-refractivity contribution is -0.153. The molecule has 0 fully saturated rings. The van der Waals surface area contributed by atoms with Gasteiger partial charge in [-0.3, -0.25) is 0 Å². The van der Waals surface area contributed by atoms with E-state index in [4.69, 9.17) is 19.2 Å². The molecule has 0 aromatic heterocycles. The van der Waals surface area contributed by atoms with Crippen molar-refractivity contribution in [2.75, 3.05) is 0 Å². The van der Waals surface area contributed by atoms with E-state index in [0.29, 0.717) is 0 Å². The van der Waals surface area contributed by atoms with Crippen molar-refractivity contribution < 1.29 is 50.0 Å². The molecule has 1 atom stereocenters. The summed E-state index contributed by atoms with van der Waals surface area (Å²) in [6.45, 7) is 4.06. The van der Waals surface area contributed by atoms with Crippen molar-refractivity contribution in [3.05, 3.63) is 5.32 Å². The topological polar surface area (TPSA) is 91.9 Å². The van der Waals surface area contributed by atoms with Crippen LogP contribution in [0.4, 0.5) is 30.7 Å². The van der Waals surface area contributed by atoms with Gasteiger partial charge in [0.2, 0.25) is 0 Å². The highest BCUT2D eigenvalue weighted by Gasteiger charge is 2.42. The molecule has 3 N–H and O–H groups in total. The lowest BCUT2D eigenvalue weighted by Crippen LogP contribution is -2.36. The van der Waals surface area contributed by atoms with E-state index in [1.54, 1.807) is 0 Å². The summed E-state index contributed by atoms with van der Waals surface area (Å²) in [5.41, 5.74) is -1.81. The van der Waals surface area contributed by atoms with E-state index in [0.717, 1.165) is 6.92 Å². The fourth-order valence-electron chi connectivity index (χ4n) is 1.80. The molecule has 0 heterocycles. The number of hydrogen-bond acceptors (Lipinski definition) is 1. The fourth-order valence-corrected chi connectivity index (χ4v) is 1.80. The van der Waals surface area contributed by atoms with Gasteiger partial charge >= 0.3 is 26.3 Å². The first-order valence-corrected chi connectivity index (χ1v) is 8.07. The van der Waals surface area contributed by atoms with E-state index >= 15 is 0 Å². The van der Waals surface area contributed by atoms with Crippen LogP contribution in [-0.2, 0) is 4.57 Å². The predicted molar refractivity (Wildman–Crippen MR) is 72.0 cm³/mol. The summed E-state index contributed by atoms with van der Waals surface area (Å²) in [4.78, 5) is 21.6. The fraction of sp³-hybridized carbons (Fsp3) is 1.00. The molecule has 0 amide bonds. The van der Waals surface area contributed by atoms with Crippen molar-refractivity contribution in [2.24, 2.45) is 0 Å². The predicted octanol–water partition coefficient (Wildman–Crippen LogP) is 4.23. The van der Waals surface area contributed by atoms with Crippen LogP contribution in [0.15, 0.2) is 0 Å². The second-order valence-electron chi connectivity index (χ2n) is 5.59. The Hall–Kier alpha value is -0.420. The smallest absolute Gasteiger partial charge is 0.466 e. The highest BCUT2D eigenvalue weighted by molar-refractivity contribution is 7.45. The van der Waals surface area contributed by atoms with Crippen LogP contribution < -0.4 is 0 Å². The maximum Gasteiger partial charge on any atom is 0.466 e. The van der Waals surface area contributed by atoms with Gasteiger partial charge in [-0.15, -0.1) is 11.6 Å². The van der Waals surface area contributed by atoms with Gasteiger partial charge in [-0.25, -0.2) is 22.1 Å². The van der Waals surface area contributed by atoms with Crippen LogP contribution in [-0.4, -0.2) is 44.8 Å². The maximum atomic E-state index is 12.8. The van der Waals surface area contributed by atoms with Crippen molar-refractivity contribution in [3.63, 3.8) is 0 Å². The minimum absolute atomic E-state index is 0.507. The normalized spacial score (nSPS) is 16.0. The Bertz CT molecular complexity index is 405. The molecule has 13 heteroatoms. The molecule has 0 saturated carbocycles. The van der Waals surface area contributed by atoms with Crippen LogP contribution in [0.2, 0.25) is 0 Å². The number of phosphoric acid groups is 1. The largest absolute Gasteiger partial charge is 0.654 e. The summed E-state index contributed by atoms with van der Waals surface area (Å²) >= 11 is 0. The standard InChI is InChI=1S/C11H17F7N.H3O4P/c1-7(2)19-9(3,6-11(16,17)18)4-5-10(14,15)8(12)13;1-5(2,3)4/h7-8H,4-6H2,1-3H3;(H3,1,2,3,4)/q-1;. The lowest BCUT2D eigenvalue weighted by Gasteiger charge is -2.47. The first-order chi connectivity index (χ1) is 10.3. The molecule has 5 nitrogen and oxygen atoms in total. The monoisotopic (exact) mass is 394 g/mol. The number of halogens is 7. The third-order valence-corrected chi connectivity index (χ3v) is 2.47. The lowest BCUT2D eigenvalue weighted by atomic mass is 9.89. The average Bonchev–Trinajstić information content (AvgIpc) is 2.20. The zero-order chi connectivity index (χ0) is 20.0. The summed E-state index contributed by atoms with van der Waals surface area (Å²) in [6, 6.07) is -0.507. The Kier molecular flexibility index (Phi) is 10.0. The molecule has 0 aliphatic heterocycles. The van der Waals surface area contributed by atoms with Crippen molar-refractivity contribution >= 4 is 7.82 Å². The van der Waals surface area contributed by atoms with E-state index in [1.165, 1.54) is 13.8 Å². The quantitative estimate of drug-likeness (QED) is 0.445. The molecule has 0 bridgehead atoms. The van der Waals surface area contributed by atoms with Gasteiger partial charge in [-0.05, 0) is 0 Å². The molecule has 0 aromatic rings. The summed E-state index contributed by atoms with van der Waals surface area (Å²) in [7, 11) is -4.64. The number of nitrogens with zero attached hydrogens (tertiary/aromatic N) is 1. The number of rotatable bonds is 7. The summed E-state index contributed by atoms with van der Waals surface area (Å²) in [5.74, 6) is -4.29. The van der Waals surface area contributed by atoms with Gasteiger partial charge < -0.3 is 20.0 Å². The van der Waals surface area contributed by atoms with Crippen molar-refractivity contribution in [1.82, 2.24) is 0 Å². The molecule has 0 aromatic carbocycles. The van der Waals surface area contributed by atoms with Gasteiger partial charge in [-0.2, -0.15) is 13.2 Å². The van der Waals surface area contributed by atoms with Gasteiger partial charge in [0.15, 0.2) is 0 Å². The Labute approximate surface area is 134 Å². The van der Waals surface area contributed by atoms with E-state index in [1.807, 2.05) is 0 Å². The Balaban J connectivity index is 0. The molecule has 0 saturated heterocycles. The van der Waals surface area contributed by atoms with Crippen molar-refractivity contribution in [1.29, 1.82) is 0 Å². The number of hydrogen-bond donors (Lipinski definition) is 3. The maximum absolute atomic E-state index is 12.8. The van der Waals surface area contributed by atoms with Gasteiger partial charge in [0.05, 0.1) is 0 Å². The van der Waals surface area contributed by atoms with Gasteiger partial charge in [0.25, 0.3) is 0 Å². The van der Waals surface area contributed by atoms with Crippen LogP contribution in [0.1, 0.15) is 40.0 Å². The molecule has 148 valence electrons. The van der Waals surface area contributed by atoms with Gasteiger partial charge in [0, 0.05) is 12.8 Å². The minimum Gasteiger partial charge on any atom is -0.654 e. The second-order valence-corrected chi connectivity index (χ2v) is 6.61. The van der Waals surface area contributed by atoms with Crippen LogP contribution in [0.3, 0.4) is 0 Å². The van der Waals surface area contributed by atoms with Crippen molar-refractivity contribution in [3.8, 4) is 0 Å². The first-order valence-electron chi connectivity index (χ1n) is 6.50. The molecule has 24 heavy (non-hydrogen) atoms. The molecule has 0 aliphatic rings. The zero-order valence-corrected chi connectivity index (χ0v) is 14.0. The molecule has 0 radical (unpaired) electrons. The zero-order valence-electron chi connectivity index (χ0n) is 13.1. The van der Waals surface area contributed by atoms with Crippen LogP contribution in [0.5, 0.6) is 0 Å². The van der Waals surface area contributed by atoms with E-state index < -0.39 is 57.2 Å². The molecular formula is C11H20F7NO4P-. The third-order valence-electron chi connectivity index (χ3n) is 2.47. The van der Waals surface area contributed by atoms with E-state index in [2.05, 4.69) is 5.32 Å². The second kappa shape index (κ2) is 9.33. The summed E-state index contributed by atoms with van der Waals surface area (Å²) < 4.78 is 95.6. The molecule has 1 unspecified atom stereocenters. The Morgan fingerprint density at radius 2 is 1.38 bits per heavy atom. The molecule has 0 aliphatic carbocycles. The summed E-state index contributed by atoms with van der Waals surface area (Å²) in [6.07, 6.45) is -12.0. The average molecular weight is 394 g/mol. The van der Waals surface area contributed by atoms with Crippen LogP contribution in [0, 0.1) is 0 Å². The van der Waals surface area contributed by atoms with Crippen molar-refractivity contribution in [2.45, 2.75) is 70.1 Å². The SMILES string of the molecule is CC(C)[N-]C(C)(CCC(F)(F)C(F)F)CC(F)(F)F.O=P(O)(O)O. The van der Waals surface area contributed by atoms with E-state index in [9.17, 15) is 30.7 Å².